The van der Waals surface area contributed by atoms with E-state index < -0.39 is 79.2 Å². The number of carboxylic acids is 3. The Bertz CT molecular complexity index is 5200. The van der Waals surface area contributed by atoms with Crippen LogP contribution >= 0.6 is 0 Å². The number of allylic oxidation sites excluding steroid dienone is 9. The Kier molecular flexibility index (Phi) is 28.3. The van der Waals surface area contributed by atoms with Crippen molar-refractivity contribution in [1.29, 1.82) is 0 Å². The average molecular weight is 1790 g/mol. The second-order valence-electron chi connectivity index (χ2n) is 40.6. The molecule has 24 heteroatoms. The minimum Gasteiger partial charge on any atom is -0.480 e. The Morgan fingerprint density at radius 3 is 1.12 bits per heavy atom. The normalized spacial score (nSPS) is 31.0. The number of hydrogen-bond acceptors (Lipinski definition) is 16. The largest absolute Gasteiger partial charge is 0.509 e. The minimum atomic E-state index is -1.15. The zero-order valence-corrected chi connectivity index (χ0v) is 76.9. The average Bonchev–Trinajstić information content (AvgIpc) is 1.10. The lowest BCUT2D eigenvalue weighted by molar-refractivity contribution is -0.144. The SMILES string of the molecule is C[C@]12CC[C@H](OC(=O)NCC(=O)N(CC(=O)O)Cc3ccccc3)CC1=CC[C@@H]1[C@@H]2CC[C@]2(C)C(c3cccnc3)=CC[C@@H]12.C[C@]12CC[C@H](OC(=O)NCC(=O)N[C@@H](Cc3ccccc3)C(=O)O)CC1=CC[C@@H]1[C@@H]2CC[C@]2(C)C(c3cccnc3)=CC[C@@H]12.C[C@]12CC[C@H](OC(=O)OCC(=O)N[C@@H](Cc3ccccc3)C(=O)O)CC1=CC[C@@H]1[C@@H]2CC[C@]2(C)C(c3cccnc3)=CC[C@@H]12. The van der Waals surface area contributed by atoms with Crippen LogP contribution in [0.1, 0.15) is 210 Å². The molecule has 0 bridgehead atoms. The topological polar surface area (TPSA) is 341 Å². The van der Waals surface area contributed by atoms with Crippen LogP contribution in [0.4, 0.5) is 14.4 Å². The van der Waals surface area contributed by atoms with Crippen LogP contribution in [0.3, 0.4) is 0 Å². The van der Waals surface area contributed by atoms with E-state index in [1.165, 1.54) is 93.6 Å². The Morgan fingerprint density at radius 1 is 0.402 bits per heavy atom. The van der Waals surface area contributed by atoms with Crippen molar-refractivity contribution in [3.8, 4) is 0 Å². The Morgan fingerprint density at radius 2 is 0.758 bits per heavy atom. The molecule has 0 saturated heterocycles. The molecule has 18 rings (SSSR count). The molecule has 696 valence electrons. The Balaban J connectivity index is 0.000000144. The maximum absolute atomic E-state index is 12.8. The van der Waals surface area contributed by atoms with Gasteiger partial charge < -0.3 is 60.4 Å². The summed E-state index contributed by atoms with van der Waals surface area (Å²) in [5.41, 5.74) is 15.7. The van der Waals surface area contributed by atoms with Crippen molar-refractivity contribution in [3.05, 3.63) is 251 Å². The number of fused-ring (bicyclic) bond motifs is 15. The molecule has 3 aromatic carbocycles. The monoisotopic (exact) mass is 1790 g/mol. The number of carbonyl (C=O) groups is 9. The van der Waals surface area contributed by atoms with Gasteiger partial charge in [0.25, 0.3) is 5.91 Å². The number of aliphatic carboxylic acids is 3. The highest BCUT2D eigenvalue weighted by Crippen LogP contribution is 2.70. The fraction of sp³-hybridized carbons (Fsp3) is 0.500. The number of rotatable bonds is 24. The maximum Gasteiger partial charge on any atom is 0.509 e. The third-order valence-electron chi connectivity index (χ3n) is 33.5. The standard InChI is InChI=1S/2C36H43N3O5.C36H42N2O6/c1-35-16-14-27(44-34(43)38-21-32(40)39(23-33(41)42)22-24-7-4-3-5-8-24)19-26(35)10-11-28-30-13-12-29(25-9-6-18-37-20-25)36(30,2)17-15-31(28)35;1-35-16-14-26(44-34(43)38-22-32(40)39-31(33(41)42)19-23-7-4-3-5-8-23)20-25(35)10-11-27-29-13-12-28(24-9-6-18-37-21-24)36(29,2)17-15-30(27)35;1-35-16-14-26(44-34(42)43-22-32(39)38-31(33(40)41)19-23-7-4-3-5-8-23)20-25(35)10-11-27-29-13-12-28(24-9-6-18-37-21-24)36(29,2)17-15-30(27)35/h3-10,12,18,20,27-28,30-31H,11,13-17,19,21-23H2,1-2H3,(H,38,43)(H,41,42);3-10,12,18,21,26-27,29-31H,11,13-17,19-20,22H2,1-2H3,(H,38,43)(H,39,40)(H,41,42);3-10,12,18,21,26-27,29-31H,11,13-17,19-20,22H2,1-2H3,(H,38,39)(H,40,41)/t27-,28-,30-,31-,35-,36+;2*26-,27-,29-,30-,31-,35-,36+/m000/s1. The number of aromatic nitrogens is 3. The molecule has 3 aromatic heterocycles. The number of hydrogen-bond donors (Lipinski definition) is 7. The van der Waals surface area contributed by atoms with Gasteiger partial charge >= 0.3 is 36.2 Å². The van der Waals surface area contributed by atoms with E-state index in [2.05, 4.69) is 132 Å². The van der Waals surface area contributed by atoms with Crippen molar-refractivity contribution in [1.82, 2.24) is 41.1 Å². The van der Waals surface area contributed by atoms with Crippen LogP contribution in [0, 0.1) is 85.8 Å². The molecule has 0 aliphatic heterocycles. The molecule has 3 heterocycles. The summed E-state index contributed by atoms with van der Waals surface area (Å²) in [6, 6.07) is 37.8. The lowest BCUT2D eigenvalue weighted by atomic mass is 9.47. The van der Waals surface area contributed by atoms with E-state index in [1.807, 2.05) is 134 Å². The summed E-state index contributed by atoms with van der Waals surface area (Å²) in [5.74, 6) is 0.547. The molecule has 5 amide bonds. The zero-order valence-electron chi connectivity index (χ0n) is 76.9. The second-order valence-corrected chi connectivity index (χ2v) is 40.6. The van der Waals surface area contributed by atoms with E-state index in [0.29, 0.717) is 59.7 Å². The molecule has 20 atom stereocenters. The van der Waals surface area contributed by atoms with Crippen LogP contribution in [0.2, 0.25) is 0 Å². The Hall–Kier alpha value is -11.8. The van der Waals surface area contributed by atoms with Gasteiger partial charge in [-0.2, -0.15) is 0 Å². The fourth-order valence-corrected chi connectivity index (χ4v) is 26.7. The van der Waals surface area contributed by atoms with Gasteiger partial charge in [0.15, 0.2) is 6.61 Å². The van der Waals surface area contributed by atoms with E-state index in [-0.39, 0.29) is 83.3 Å². The third kappa shape index (κ3) is 20.0. The molecular weight excluding hydrogens is 1670 g/mol. The summed E-state index contributed by atoms with van der Waals surface area (Å²) in [7, 11) is 0. The van der Waals surface area contributed by atoms with Gasteiger partial charge in [0.2, 0.25) is 11.8 Å². The highest BCUT2D eigenvalue weighted by Gasteiger charge is 2.61. The molecular formula is C108H128N8O16. The molecule has 6 fully saturated rings. The first kappa shape index (κ1) is 93.4. The highest BCUT2D eigenvalue weighted by molar-refractivity contribution is 5.88. The summed E-state index contributed by atoms with van der Waals surface area (Å²) < 4.78 is 22.3. The van der Waals surface area contributed by atoms with Crippen LogP contribution in [0.15, 0.2) is 218 Å². The number of pyridine rings is 3. The van der Waals surface area contributed by atoms with Gasteiger partial charge in [0.1, 0.15) is 50.0 Å². The molecule has 24 nitrogen and oxygen atoms in total. The van der Waals surface area contributed by atoms with Crippen molar-refractivity contribution in [2.24, 2.45) is 85.8 Å². The van der Waals surface area contributed by atoms with Gasteiger partial charge in [-0.3, -0.25) is 34.1 Å². The van der Waals surface area contributed by atoms with Gasteiger partial charge in [-0.1, -0.05) is 204 Å². The molecule has 0 unspecified atom stereocenters. The number of carboxylic acid groups (broad SMARTS) is 3. The molecule has 7 N–H and O–H groups in total. The van der Waals surface area contributed by atoms with Gasteiger partial charge in [0, 0.05) is 75.8 Å². The van der Waals surface area contributed by atoms with Crippen molar-refractivity contribution in [3.63, 3.8) is 0 Å². The molecule has 132 heavy (non-hydrogen) atoms. The van der Waals surface area contributed by atoms with Crippen LogP contribution < -0.4 is 21.3 Å². The van der Waals surface area contributed by atoms with Crippen molar-refractivity contribution in [2.75, 3.05) is 26.2 Å². The fourth-order valence-electron chi connectivity index (χ4n) is 26.7. The quantitative estimate of drug-likeness (QED) is 0.0168. The lowest BCUT2D eigenvalue weighted by Crippen LogP contribution is -2.50. The van der Waals surface area contributed by atoms with Crippen molar-refractivity contribution >= 4 is 70.7 Å². The van der Waals surface area contributed by atoms with Gasteiger partial charge in [-0.15, -0.1) is 0 Å². The predicted octanol–water partition coefficient (Wildman–Crippen LogP) is 18.6. The smallest absolute Gasteiger partial charge is 0.480 e. The summed E-state index contributed by atoms with van der Waals surface area (Å²) in [6.07, 6.45) is 44.6. The molecule has 0 radical (unpaired) electrons. The molecule has 12 aliphatic carbocycles. The van der Waals surface area contributed by atoms with E-state index in [4.69, 9.17) is 18.9 Å². The highest BCUT2D eigenvalue weighted by atomic mass is 16.7. The molecule has 6 aromatic rings. The Labute approximate surface area is 774 Å². The second kappa shape index (κ2) is 39.9. The third-order valence-corrected chi connectivity index (χ3v) is 33.5. The number of nitrogens with one attached hydrogen (secondary N) is 4. The zero-order chi connectivity index (χ0) is 92.7. The van der Waals surface area contributed by atoms with Crippen molar-refractivity contribution in [2.45, 2.75) is 226 Å². The number of amides is 5. The van der Waals surface area contributed by atoms with Crippen molar-refractivity contribution < 1.29 is 77.4 Å². The molecule has 6 saturated carbocycles. The van der Waals surface area contributed by atoms with Gasteiger partial charge in [-0.25, -0.2) is 24.0 Å². The van der Waals surface area contributed by atoms with E-state index in [9.17, 15) is 58.5 Å². The number of nitrogens with zero attached hydrogens (tertiary/aromatic N) is 4. The van der Waals surface area contributed by atoms with Gasteiger partial charge in [0.05, 0.1) is 0 Å². The minimum absolute atomic E-state index is 0.0928. The first-order chi connectivity index (χ1) is 63.5. The maximum atomic E-state index is 12.8. The first-order valence-electron chi connectivity index (χ1n) is 47.8. The predicted molar refractivity (Wildman–Crippen MR) is 500 cm³/mol. The van der Waals surface area contributed by atoms with Crippen LogP contribution in [0.25, 0.3) is 16.7 Å². The molecule has 12 aliphatic rings. The number of carbonyl (C=O) groups excluding carboxylic acids is 6. The van der Waals surface area contributed by atoms with Crippen LogP contribution in [-0.2, 0) is 67.1 Å². The summed E-state index contributed by atoms with van der Waals surface area (Å²) in [5, 5.41) is 38.4. The summed E-state index contributed by atoms with van der Waals surface area (Å²) >= 11 is 0. The summed E-state index contributed by atoms with van der Waals surface area (Å²) in [6.45, 7) is 13.1. The number of ether oxygens (including phenoxy) is 4. The summed E-state index contributed by atoms with van der Waals surface area (Å²) in [4.78, 5) is 125. The van der Waals surface area contributed by atoms with E-state index in [0.717, 1.165) is 107 Å². The number of benzene rings is 3. The van der Waals surface area contributed by atoms with E-state index >= 15 is 0 Å². The van der Waals surface area contributed by atoms with Gasteiger partial charge in [-0.05, 0) is 270 Å². The number of alkyl carbamates (subject to hydrolysis) is 2. The lowest BCUT2D eigenvalue weighted by Gasteiger charge is -2.57. The first-order valence-corrected chi connectivity index (χ1v) is 47.8. The van der Waals surface area contributed by atoms with Crippen LogP contribution in [0.5, 0.6) is 0 Å². The van der Waals surface area contributed by atoms with Crippen LogP contribution in [-0.4, -0.2) is 146 Å². The van der Waals surface area contributed by atoms with E-state index in [1.54, 1.807) is 12.1 Å². The molecule has 0 spiro atoms.